The van der Waals surface area contributed by atoms with Crippen molar-refractivity contribution < 1.29 is 8.78 Å². The predicted molar refractivity (Wildman–Crippen MR) is 51.3 cm³/mol. The van der Waals surface area contributed by atoms with E-state index < -0.39 is 12.5 Å². The van der Waals surface area contributed by atoms with Gasteiger partial charge in [-0.05, 0) is 11.6 Å². The first-order valence-corrected chi connectivity index (χ1v) is 3.69. The molecule has 0 bridgehead atoms. The van der Waals surface area contributed by atoms with E-state index >= 15 is 0 Å². The minimum Gasteiger partial charge on any atom is -0.319 e. The van der Waals surface area contributed by atoms with Gasteiger partial charge < -0.3 is 5.73 Å². The van der Waals surface area contributed by atoms with Crippen molar-refractivity contribution in [3.63, 3.8) is 0 Å². The number of nitrogens with zero attached hydrogens (tertiary/aromatic N) is 1. The molecule has 0 spiro atoms. The Kier molecular flexibility index (Phi) is 5.06. The van der Waals surface area contributed by atoms with Crippen molar-refractivity contribution in [2.75, 3.05) is 0 Å². The Morgan fingerprint density at radius 2 is 1.86 bits per heavy atom. The topological polar surface area (TPSA) is 49.8 Å². The fraction of sp³-hybridized carbons (Fsp3) is 0.222. The van der Waals surface area contributed by atoms with E-state index in [2.05, 4.69) is 0 Å². The van der Waals surface area contributed by atoms with Crippen molar-refractivity contribution in [3.05, 3.63) is 35.4 Å². The molecule has 0 heterocycles. The molecular formula is C9H9ClF2N2. The van der Waals surface area contributed by atoms with Gasteiger partial charge in [0.15, 0.2) is 0 Å². The fourth-order valence-corrected chi connectivity index (χ4v) is 1.03. The molecule has 0 saturated heterocycles. The highest BCUT2D eigenvalue weighted by atomic mass is 35.5. The lowest BCUT2D eigenvalue weighted by atomic mass is 10.0. The maximum Gasteiger partial charge on any atom is 0.257 e. The van der Waals surface area contributed by atoms with Gasteiger partial charge in [0.25, 0.3) is 6.43 Å². The minimum atomic E-state index is -2.64. The number of hydrogen-bond donors (Lipinski definition) is 1. The third-order valence-electron chi connectivity index (χ3n) is 1.71. The third-order valence-corrected chi connectivity index (χ3v) is 1.71. The molecule has 2 nitrogen and oxygen atoms in total. The summed E-state index contributed by atoms with van der Waals surface area (Å²) >= 11 is 0. The summed E-state index contributed by atoms with van der Waals surface area (Å²) in [4.78, 5) is 0. The van der Waals surface area contributed by atoms with Gasteiger partial charge in [0, 0.05) is 0 Å². The molecule has 0 aromatic heterocycles. The van der Waals surface area contributed by atoms with E-state index in [-0.39, 0.29) is 23.5 Å². The number of halogens is 3. The van der Waals surface area contributed by atoms with Gasteiger partial charge >= 0.3 is 0 Å². The molecule has 0 aliphatic rings. The Hall–Kier alpha value is -1.18. The molecule has 0 fully saturated rings. The molecule has 1 atom stereocenters. The molecule has 1 rings (SSSR count). The van der Waals surface area contributed by atoms with Crippen molar-refractivity contribution >= 4 is 12.4 Å². The van der Waals surface area contributed by atoms with Gasteiger partial charge in [-0.15, -0.1) is 12.4 Å². The Balaban J connectivity index is 0.00000169. The van der Waals surface area contributed by atoms with Crippen LogP contribution < -0.4 is 5.73 Å². The maximum absolute atomic E-state index is 12.2. The zero-order chi connectivity index (χ0) is 9.84. The van der Waals surface area contributed by atoms with Crippen LogP contribution in [0, 0.1) is 11.3 Å². The van der Waals surface area contributed by atoms with Crippen molar-refractivity contribution in [1.82, 2.24) is 0 Å². The second kappa shape index (κ2) is 5.53. The summed E-state index contributed by atoms with van der Waals surface area (Å²) in [5.74, 6) is 0. The summed E-state index contributed by atoms with van der Waals surface area (Å²) in [5.41, 5.74) is 5.61. The summed E-state index contributed by atoms with van der Waals surface area (Å²) in [6.07, 6.45) is -2.64. The average Bonchev–Trinajstić information content (AvgIpc) is 2.16. The highest BCUT2D eigenvalue weighted by Gasteiger charge is 2.19. The summed E-state index contributed by atoms with van der Waals surface area (Å²) in [5, 5.41) is 8.60. The van der Waals surface area contributed by atoms with Crippen molar-refractivity contribution in [2.45, 2.75) is 12.5 Å². The van der Waals surface area contributed by atoms with Crippen LogP contribution in [0.4, 0.5) is 8.78 Å². The van der Waals surface area contributed by atoms with Crippen LogP contribution in [-0.2, 0) is 0 Å². The lowest BCUT2D eigenvalue weighted by Gasteiger charge is -2.11. The molecule has 5 heteroatoms. The summed E-state index contributed by atoms with van der Waals surface area (Å²) in [7, 11) is 0. The van der Waals surface area contributed by atoms with Crippen LogP contribution >= 0.6 is 12.4 Å². The molecular weight excluding hydrogens is 210 g/mol. The molecule has 1 aromatic rings. The lowest BCUT2D eigenvalue weighted by molar-refractivity contribution is 0.116. The van der Waals surface area contributed by atoms with E-state index in [9.17, 15) is 8.78 Å². The van der Waals surface area contributed by atoms with Crippen LogP contribution in [0.3, 0.4) is 0 Å². The first-order valence-electron chi connectivity index (χ1n) is 3.69. The highest BCUT2D eigenvalue weighted by Crippen LogP contribution is 2.20. The van der Waals surface area contributed by atoms with Gasteiger partial charge in [0.2, 0.25) is 0 Å². The monoisotopic (exact) mass is 218 g/mol. The van der Waals surface area contributed by atoms with E-state index in [1.54, 1.807) is 12.1 Å². The fourth-order valence-electron chi connectivity index (χ4n) is 1.03. The predicted octanol–water partition coefficient (Wildman–Crippen LogP) is 2.24. The Bertz CT molecular complexity index is 336. The number of nitriles is 1. The quantitative estimate of drug-likeness (QED) is 0.828. The number of alkyl halides is 2. The van der Waals surface area contributed by atoms with Crippen LogP contribution in [0.2, 0.25) is 0 Å². The van der Waals surface area contributed by atoms with Gasteiger partial charge in [0.05, 0.1) is 17.7 Å². The zero-order valence-corrected chi connectivity index (χ0v) is 7.97. The van der Waals surface area contributed by atoms with E-state index in [1.165, 1.54) is 12.1 Å². The first-order chi connectivity index (χ1) is 6.16. The summed E-state index contributed by atoms with van der Waals surface area (Å²) in [6, 6.07) is 6.54. The SMILES string of the molecule is Cl.N#Cc1ccccc1[C@@H](N)C(F)F. The molecule has 0 aliphatic carbocycles. The largest absolute Gasteiger partial charge is 0.319 e. The molecule has 0 saturated carbocycles. The van der Waals surface area contributed by atoms with E-state index in [0.717, 1.165) is 0 Å². The molecule has 2 N–H and O–H groups in total. The van der Waals surface area contributed by atoms with Crippen LogP contribution in [0.15, 0.2) is 24.3 Å². The van der Waals surface area contributed by atoms with Crippen LogP contribution in [-0.4, -0.2) is 6.43 Å². The molecule has 0 amide bonds. The second-order valence-corrected chi connectivity index (χ2v) is 2.56. The van der Waals surface area contributed by atoms with Crippen LogP contribution in [0.1, 0.15) is 17.2 Å². The standard InChI is InChI=1S/C9H8F2N2.ClH/c10-9(11)8(13)7-4-2-1-3-6(7)5-12;/h1-4,8-9H,13H2;1H/t8-;/m1./s1. The highest BCUT2D eigenvalue weighted by molar-refractivity contribution is 5.85. The normalized spacial score (nSPS) is 11.6. The number of hydrogen-bond acceptors (Lipinski definition) is 2. The number of benzene rings is 1. The molecule has 0 aliphatic heterocycles. The smallest absolute Gasteiger partial charge is 0.257 e. The average molecular weight is 219 g/mol. The number of nitrogens with two attached hydrogens (primary N) is 1. The summed E-state index contributed by atoms with van der Waals surface area (Å²) in [6.45, 7) is 0. The molecule has 0 radical (unpaired) electrons. The molecule has 0 unspecified atom stereocenters. The van der Waals surface area contributed by atoms with Gasteiger partial charge in [-0.25, -0.2) is 8.78 Å². The zero-order valence-electron chi connectivity index (χ0n) is 7.15. The minimum absolute atomic E-state index is 0. The molecule has 1 aromatic carbocycles. The molecule has 76 valence electrons. The van der Waals surface area contributed by atoms with Crippen molar-refractivity contribution in [3.8, 4) is 6.07 Å². The Morgan fingerprint density at radius 1 is 1.29 bits per heavy atom. The van der Waals surface area contributed by atoms with Gasteiger partial charge in [0.1, 0.15) is 0 Å². The third kappa shape index (κ3) is 2.66. The second-order valence-electron chi connectivity index (χ2n) is 2.56. The molecule has 14 heavy (non-hydrogen) atoms. The van der Waals surface area contributed by atoms with Gasteiger partial charge in [-0.3, -0.25) is 0 Å². The number of rotatable bonds is 2. The Morgan fingerprint density at radius 3 is 2.36 bits per heavy atom. The van der Waals surface area contributed by atoms with Crippen LogP contribution in [0.5, 0.6) is 0 Å². The Labute approximate surface area is 86.7 Å². The van der Waals surface area contributed by atoms with Gasteiger partial charge in [-0.1, -0.05) is 18.2 Å². The van der Waals surface area contributed by atoms with E-state index in [0.29, 0.717) is 0 Å². The maximum atomic E-state index is 12.2. The van der Waals surface area contributed by atoms with Crippen molar-refractivity contribution in [2.24, 2.45) is 5.73 Å². The van der Waals surface area contributed by atoms with Crippen LogP contribution in [0.25, 0.3) is 0 Å². The summed E-state index contributed by atoms with van der Waals surface area (Å²) < 4.78 is 24.4. The van der Waals surface area contributed by atoms with Gasteiger partial charge in [-0.2, -0.15) is 5.26 Å². The van der Waals surface area contributed by atoms with E-state index in [1.807, 2.05) is 6.07 Å². The van der Waals surface area contributed by atoms with Crippen molar-refractivity contribution in [1.29, 1.82) is 5.26 Å². The first kappa shape index (κ1) is 12.8. The van der Waals surface area contributed by atoms with E-state index in [4.69, 9.17) is 11.0 Å². The lowest BCUT2D eigenvalue weighted by Crippen LogP contribution is -2.19.